The largest absolute Gasteiger partial charge is 0.319 e. The molecule has 1 aliphatic rings. The first-order valence-corrected chi connectivity index (χ1v) is 8.53. The summed E-state index contributed by atoms with van der Waals surface area (Å²) in [4.78, 5) is 6.14. The fourth-order valence-electron chi connectivity index (χ4n) is 3.43. The van der Waals surface area contributed by atoms with Crippen LogP contribution in [0.15, 0.2) is 0 Å². The quantitative estimate of drug-likeness (QED) is 0.883. The van der Waals surface area contributed by atoms with Gasteiger partial charge < -0.3 is 5.32 Å². The molecule has 1 fully saturated rings. The summed E-state index contributed by atoms with van der Waals surface area (Å²) in [5.41, 5.74) is 1.23. The summed E-state index contributed by atoms with van der Waals surface area (Å²) in [7, 11) is 2.08. The first-order chi connectivity index (χ1) is 9.13. The van der Waals surface area contributed by atoms with E-state index in [0.717, 1.165) is 17.8 Å². The number of aryl methyl sites for hydroxylation is 2. The van der Waals surface area contributed by atoms with Crippen molar-refractivity contribution in [2.75, 3.05) is 13.6 Å². The standard InChI is InChI=1S/C16H28N2S/c1-5-13-6-7-14(10-17-4)15(8-13)9-16-18-11(2)12(3)19-16/h13-15,17H,5-10H2,1-4H3. The van der Waals surface area contributed by atoms with Gasteiger partial charge in [0.05, 0.1) is 10.7 Å². The second-order valence-electron chi connectivity index (χ2n) is 6.12. The van der Waals surface area contributed by atoms with Gasteiger partial charge in [0, 0.05) is 11.3 Å². The summed E-state index contributed by atoms with van der Waals surface area (Å²) in [5.74, 6) is 2.62. The van der Waals surface area contributed by atoms with Crippen LogP contribution in [0.4, 0.5) is 0 Å². The summed E-state index contributed by atoms with van der Waals surface area (Å²) < 4.78 is 0. The van der Waals surface area contributed by atoms with Crippen LogP contribution in [0.5, 0.6) is 0 Å². The van der Waals surface area contributed by atoms with Gasteiger partial charge in [0.1, 0.15) is 0 Å². The van der Waals surface area contributed by atoms with E-state index in [4.69, 9.17) is 4.98 Å². The van der Waals surface area contributed by atoms with E-state index in [1.807, 2.05) is 11.3 Å². The Morgan fingerprint density at radius 2 is 2.05 bits per heavy atom. The molecule has 0 spiro atoms. The number of nitrogens with one attached hydrogen (secondary N) is 1. The Hall–Kier alpha value is -0.410. The normalized spacial score (nSPS) is 27.7. The van der Waals surface area contributed by atoms with Crippen LogP contribution in [-0.4, -0.2) is 18.6 Å². The predicted octanol–water partition coefficient (Wildman–Crippen LogP) is 3.96. The van der Waals surface area contributed by atoms with Gasteiger partial charge in [-0.15, -0.1) is 11.3 Å². The third-order valence-corrected chi connectivity index (χ3v) is 5.90. The predicted molar refractivity (Wildman–Crippen MR) is 83.8 cm³/mol. The van der Waals surface area contributed by atoms with Crippen molar-refractivity contribution in [3.8, 4) is 0 Å². The van der Waals surface area contributed by atoms with E-state index in [-0.39, 0.29) is 0 Å². The number of hydrogen-bond donors (Lipinski definition) is 1. The Morgan fingerprint density at radius 3 is 2.63 bits per heavy atom. The maximum atomic E-state index is 4.75. The number of thiazole rings is 1. The molecule has 1 aliphatic carbocycles. The number of aromatic nitrogens is 1. The highest BCUT2D eigenvalue weighted by Crippen LogP contribution is 2.37. The molecule has 0 aromatic carbocycles. The van der Waals surface area contributed by atoms with Crippen LogP contribution in [0.3, 0.4) is 0 Å². The lowest BCUT2D eigenvalue weighted by atomic mass is 9.72. The molecule has 2 nitrogen and oxygen atoms in total. The lowest BCUT2D eigenvalue weighted by Gasteiger charge is -2.35. The minimum Gasteiger partial charge on any atom is -0.319 e. The fourth-order valence-corrected chi connectivity index (χ4v) is 4.45. The van der Waals surface area contributed by atoms with Crippen LogP contribution in [0.1, 0.15) is 48.2 Å². The molecule has 0 bridgehead atoms. The van der Waals surface area contributed by atoms with Crippen molar-refractivity contribution >= 4 is 11.3 Å². The Morgan fingerprint density at radius 1 is 1.26 bits per heavy atom. The molecule has 0 saturated heterocycles. The van der Waals surface area contributed by atoms with E-state index in [2.05, 4.69) is 33.1 Å². The zero-order valence-electron chi connectivity index (χ0n) is 12.8. The average Bonchev–Trinajstić information content (AvgIpc) is 2.70. The Balaban J connectivity index is 2.04. The molecule has 1 saturated carbocycles. The number of rotatable bonds is 5. The second-order valence-corrected chi connectivity index (χ2v) is 7.41. The van der Waals surface area contributed by atoms with Crippen LogP contribution >= 0.6 is 11.3 Å². The van der Waals surface area contributed by atoms with Crippen LogP contribution in [0.25, 0.3) is 0 Å². The van der Waals surface area contributed by atoms with Crippen molar-refractivity contribution in [1.29, 1.82) is 0 Å². The molecule has 1 N–H and O–H groups in total. The molecule has 1 aromatic rings. The average molecular weight is 280 g/mol. The molecule has 3 heteroatoms. The molecule has 3 unspecified atom stereocenters. The van der Waals surface area contributed by atoms with E-state index in [0.29, 0.717) is 0 Å². The van der Waals surface area contributed by atoms with Gasteiger partial charge in [-0.05, 0) is 58.0 Å². The molecular formula is C16H28N2S. The van der Waals surface area contributed by atoms with Gasteiger partial charge in [0.2, 0.25) is 0 Å². The molecule has 1 heterocycles. The van der Waals surface area contributed by atoms with Gasteiger partial charge in [0.15, 0.2) is 0 Å². The van der Waals surface area contributed by atoms with E-state index in [9.17, 15) is 0 Å². The molecular weight excluding hydrogens is 252 g/mol. The summed E-state index contributed by atoms with van der Waals surface area (Å²) >= 11 is 1.91. The fraction of sp³-hybridized carbons (Fsp3) is 0.812. The van der Waals surface area contributed by atoms with Crippen LogP contribution in [0, 0.1) is 31.6 Å². The summed E-state index contributed by atoms with van der Waals surface area (Å²) in [6.45, 7) is 7.84. The van der Waals surface area contributed by atoms with Crippen LogP contribution in [0.2, 0.25) is 0 Å². The van der Waals surface area contributed by atoms with Gasteiger partial charge in [-0.3, -0.25) is 0 Å². The molecule has 3 atom stereocenters. The van der Waals surface area contributed by atoms with E-state index >= 15 is 0 Å². The monoisotopic (exact) mass is 280 g/mol. The molecule has 108 valence electrons. The molecule has 1 aromatic heterocycles. The van der Waals surface area contributed by atoms with Gasteiger partial charge in [0.25, 0.3) is 0 Å². The molecule has 0 aliphatic heterocycles. The van der Waals surface area contributed by atoms with Gasteiger partial charge >= 0.3 is 0 Å². The van der Waals surface area contributed by atoms with E-state index in [1.165, 1.54) is 54.2 Å². The highest BCUT2D eigenvalue weighted by molar-refractivity contribution is 7.11. The lowest BCUT2D eigenvalue weighted by molar-refractivity contribution is 0.173. The SMILES string of the molecule is CCC1CCC(CNC)C(Cc2nc(C)c(C)s2)C1. The lowest BCUT2D eigenvalue weighted by Crippen LogP contribution is -2.32. The van der Waals surface area contributed by atoms with Gasteiger partial charge in [-0.2, -0.15) is 0 Å². The first kappa shape index (κ1) is 15.0. The maximum Gasteiger partial charge on any atom is 0.0933 e. The van der Waals surface area contributed by atoms with Crippen molar-refractivity contribution in [3.63, 3.8) is 0 Å². The third-order valence-electron chi connectivity index (χ3n) is 4.80. The molecule has 0 radical (unpaired) electrons. The summed E-state index contributed by atoms with van der Waals surface area (Å²) in [6, 6.07) is 0. The highest BCUT2D eigenvalue weighted by Gasteiger charge is 2.30. The minimum atomic E-state index is 0.830. The minimum absolute atomic E-state index is 0.830. The van der Waals surface area contributed by atoms with Crippen molar-refractivity contribution in [3.05, 3.63) is 15.6 Å². The Bertz CT molecular complexity index is 380. The van der Waals surface area contributed by atoms with Crippen molar-refractivity contribution in [1.82, 2.24) is 10.3 Å². The Labute approximate surface area is 122 Å². The van der Waals surface area contributed by atoms with E-state index in [1.54, 1.807) is 0 Å². The first-order valence-electron chi connectivity index (χ1n) is 7.71. The third kappa shape index (κ3) is 3.79. The summed E-state index contributed by atoms with van der Waals surface area (Å²) in [6.07, 6.45) is 6.77. The van der Waals surface area contributed by atoms with E-state index < -0.39 is 0 Å². The Kier molecular flexibility index (Phi) is 5.40. The topological polar surface area (TPSA) is 24.9 Å². The van der Waals surface area contributed by atoms with Crippen molar-refractivity contribution < 1.29 is 0 Å². The van der Waals surface area contributed by atoms with Crippen LogP contribution in [-0.2, 0) is 6.42 Å². The zero-order chi connectivity index (χ0) is 13.8. The smallest absolute Gasteiger partial charge is 0.0933 e. The van der Waals surface area contributed by atoms with Gasteiger partial charge in [-0.25, -0.2) is 4.98 Å². The molecule has 2 rings (SSSR count). The second kappa shape index (κ2) is 6.85. The van der Waals surface area contributed by atoms with Gasteiger partial charge in [-0.1, -0.05) is 19.8 Å². The molecule has 0 amide bonds. The molecule has 19 heavy (non-hydrogen) atoms. The van der Waals surface area contributed by atoms with Crippen LogP contribution < -0.4 is 5.32 Å². The van der Waals surface area contributed by atoms with Crippen molar-refractivity contribution in [2.24, 2.45) is 17.8 Å². The maximum absolute atomic E-state index is 4.75. The summed E-state index contributed by atoms with van der Waals surface area (Å²) in [5, 5.41) is 4.74. The zero-order valence-corrected chi connectivity index (χ0v) is 13.6. The van der Waals surface area contributed by atoms with Crippen molar-refractivity contribution in [2.45, 2.75) is 52.9 Å². The number of hydrogen-bond acceptors (Lipinski definition) is 3. The highest BCUT2D eigenvalue weighted by atomic mass is 32.1. The number of nitrogens with zero attached hydrogens (tertiary/aromatic N) is 1.